The minimum absolute atomic E-state index is 0. The summed E-state index contributed by atoms with van der Waals surface area (Å²) in [4.78, 5) is 21.9. The van der Waals surface area contributed by atoms with E-state index in [4.69, 9.17) is 0 Å². The molecule has 80 valence electrons. The molecule has 1 aromatic carbocycles. The number of carbonyl (C=O) groups excluding carboxylic acids is 2. The molecule has 0 aromatic heterocycles. The average molecular weight is 252 g/mol. The van der Waals surface area contributed by atoms with Gasteiger partial charge in [-0.25, -0.2) is 0 Å². The second kappa shape index (κ2) is 8.49. The van der Waals surface area contributed by atoms with Crippen LogP contribution < -0.4 is 80.5 Å². The molecule has 0 unspecified atom stereocenters. The Kier molecular flexibility index (Phi) is 9.85. The van der Waals surface area contributed by atoms with E-state index in [-0.39, 0.29) is 82.2 Å². The van der Waals surface area contributed by atoms with E-state index in [0.717, 1.165) is 0 Å². The number of carboxylic acids is 2. The van der Waals surface area contributed by atoms with Gasteiger partial charge in [0, 0.05) is 0 Å². The van der Waals surface area contributed by atoms with Crippen molar-refractivity contribution >= 4 is 11.9 Å². The first-order chi connectivity index (χ1) is 7.05. The van der Waals surface area contributed by atoms with Crippen LogP contribution in [0.3, 0.4) is 0 Å². The quantitative estimate of drug-likeness (QED) is 0.394. The molecular weight excluding hydrogens is 242 g/mol. The van der Waals surface area contributed by atoms with E-state index in [1.807, 2.05) is 0 Å². The van der Waals surface area contributed by atoms with Crippen molar-refractivity contribution in [3.05, 3.63) is 35.9 Å². The second-order valence-electron chi connectivity index (χ2n) is 3.20. The van der Waals surface area contributed by atoms with Gasteiger partial charge in [-0.2, -0.15) is 0 Å². The molecule has 6 heteroatoms. The summed E-state index contributed by atoms with van der Waals surface area (Å²) in [6.07, 6.45) is -0.109. The third-order valence-corrected chi connectivity index (χ3v) is 2.49. The van der Waals surface area contributed by atoms with Crippen LogP contribution in [0.4, 0.5) is 0 Å². The molecule has 0 aliphatic carbocycles. The Balaban J connectivity index is 0. The van der Waals surface area contributed by atoms with Gasteiger partial charge in [-0.15, -0.1) is 0 Å². The zero-order chi connectivity index (χ0) is 11.5. The fourth-order valence-electron chi connectivity index (χ4n) is 1.53. The minimum Gasteiger partial charge on any atom is -0.549 e. The van der Waals surface area contributed by atoms with Crippen molar-refractivity contribution in [2.75, 3.05) is 0 Å². The average Bonchev–Trinajstić information content (AvgIpc) is 2.20. The van der Waals surface area contributed by atoms with Crippen LogP contribution >= 0.6 is 0 Å². The summed E-state index contributed by atoms with van der Waals surface area (Å²) in [6.45, 7) is 1.47. The summed E-state index contributed by atoms with van der Waals surface area (Å²) in [6, 6.07) is 7.70. The monoisotopic (exact) mass is 252 g/mol. The van der Waals surface area contributed by atoms with Crippen molar-refractivity contribution in [2.45, 2.75) is 18.8 Å². The molecule has 0 aliphatic rings. The number of benzene rings is 1. The molecule has 4 nitrogen and oxygen atoms in total. The van der Waals surface area contributed by atoms with Crippen LogP contribution in [0, 0.1) is 0 Å². The molecule has 0 saturated heterocycles. The summed E-state index contributed by atoms with van der Waals surface area (Å²) < 4.78 is 0. The maximum atomic E-state index is 11.0. The normalized spacial score (nSPS) is 9.71. The SMILES string of the molecule is CCC(C(=O)[O-])(C(=O)[O-])c1ccccc1.[K+].[Li+]. The van der Waals surface area contributed by atoms with Crippen molar-refractivity contribution in [2.24, 2.45) is 0 Å². The molecule has 0 amide bonds. The molecule has 1 rings (SSSR count). The third-order valence-electron chi connectivity index (χ3n) is 2.49. The van der Waals surface area contributed by atoms with Crippen molar-refractivity contribution in [3.8, 4) is 0 Å². The number of carboxylic acid groups (broad SMARTS) is 2. The van der Waals surface area contributed by atoms with Gasteiger partial charge in [0.15, 0.2) is 0 Å². The summed E-state index contributed by atoms with van der Waals surface area (Å²) in [5.74, 6) is -3.28. The van der Waals surface area contributed by atoms with Gasteiger partial charge in [-0.05, 0) is 12.0 Å². The third kappa shape index (κ3) is 3.93. The zero-order valence-corrected chi connectivity index (χ0v) is 13.3. The molecular formula is C11H10KLiO4. The van der Waals surface area contributed by atoms with Crippen molar-refractivity contribution in [3.63, 3.8) is 0 Å². The Hall–Kier alpha value is 0.394. The van der Waals surface area contributed by atoms with Crippen LogP contribution in [0.1, 0.15) is 18.9 Å². The van der Waals surface area contributed by atoms with Crippen LogP contribution in [0.2, 0.25) is 0 Å². The number of hydrogen-bond acceptors (Lipinski definition) is 4. The Morgan fingerprint density at radius 1 is 1.12 bits per heavy atom. The molecule has 0 saturated carbocycles. The summed E-state index contributed by atoms with van der Waals surface area (Å²) in [7, 11) is 0. The molecule has 17 heavy (non-hydrogen) atoms. The largest absolute Gasteiger partial charge is 1.00 e. The first-order valence-corrected chi connectivity index (χ1v) is 4.54. The first kappa shape index (κ1) is 19.7. The van der Waals surface area contributed by atoms with Crippen LogP contribution in [-0.4, -0.2) is 11.9 Å². The Labute approximate surface area is 154 Å². The van der Waals surface area contributed by atoms with Crippen LogP contribution in [-0.2, 0) is 15.0 Å². The van der Waals surface area contributed by atoms with Gasteiger partial charge < -0.3 is 19.8 Å². The minimum atomic E-state index is -2.05. The van der Waals surface area contributed by atoms with Crippen molar-refractivity contribution in [1.29, 1.82) is 0 Å². The van der Waals surface area contributed by atoms with E-state index in [0.29, 0.717) is 0 Å². The smallest absolute Gasteiger partial charge is 0.549 e. The van der Waals surface area contributed by atoms with E-state index in [2.05, 4.69) is 0 Å². The molecule has 0 spiro atoms. The van der Waals surface area contributed by atoms with E-state index < -0.39 is 17.4 Å². The number of aliphatic carboxylic acids is 2. The van der Waals surface area contributed by atoms with Crippen LogP contribution in [0.25, 0.3) is 0 Å². The predicted octanol–water partition coefficient (Wildman–Crippen LogP) is -7.16. The number of carbonyl (C=O) groups is 2. The maximum absolute atomic E-state index is 11.0. The van der Waals surface area contributed by atoms with E-state index >= 15 is 0 Å². The van der Waals surface area contributed by atoms with Crippen molar-refractivity contribution in [1.82, 2.24) is 0 Å². The number of hydrogen-bond donors (Lipinski definition) is 0. The summed E-state index contributed by atoms with van der Waals surface area (Å²) >= 11 is 0. The van der Waals surface area contributed by atoms with Gasteiger partial charge in [0.1, 0.15) is 0 Å². The fourth-order valence-corrected chi connectivity index (χ4v) is 1.53. The summed E-state index contributed by atoms with van der Waals surface area (Å²) in [5, 5.41) is 21.9. The van der Waals surface area contributed by atoms with Crippen molar-refractivity contribution < 1.29 is 90.0 Å². The molecule has 0 radical (unpaired) electrons. The molecule has 0 heterocycles. The Morgan fingerprint density at radius 3 is 1.82 bits per heavy atom. The van der Waals surface area contributed by atoms with Gasteiger partial charge >= 0.3 is 70.2 Å². The zero-order valence-electron chi connectivity index (χ0n) is 10.2. The first-order valence-electron chi connectivity index (χ1n) is 4.54. The standard InChI is InChI=1S/C11H12O4.K.Li/c1-2-11(9(12)13,10(14)15)8-6-4-3-5-7-8;;/h3-7H,2H2,1H3,(H,12,13)(H,14,15);;/q;2*+1/p-2. The van der Waals surface area contributed by atoms with E-state index in [9.17, 15) is 19.8 Å². The van der Waals surface area contributed by atoms with E-state index in [1.165, 1.54) is 19.1 Å². The van der Waals surface area contributed by atoms with Gasteiger partial charge in [-0.1, -0.05) is 37.3 Å². The van der Waals surface area contributed by atoms with Gasteiger partial charge in [0.05, 0.1) is 17.4 Å². The fraction of sp³-hybridized carbons (Fsp3) is 0.273. The summed E-state index contributed by atoms with van der Waals surface area (Å²) in [5.41, 5.74) is -1.88. The molecule has 0 aliphatic heterocycles. The van der Waals surface area contributed by atoms with Crippen LogP contribution in [0.15, 0.2) is 30.3 Å². The maximum Gasteiger partial charge on any atom is 1.00 e. The molecule has 0 fully saturated rings. The Bertz CT molecular complexity index is 366. The molecule has 0 atom stereocenters. The predicted molar refractivity (Wildman–Crippen MR) is 48.4 cm³/mol. The molecule has 1 aromatic rings. The number of rotatable bonds is 4. The van der Waals surface area contributed by atoms with Gasteiger partial charge in [0.25, 0.3) is 0 Å². The molecule has 0 bridgehead atoms. The topological polar surface area (TPSA) is 80.3 Å². The Morgan fingerprint density at radius 2 is 1.53 bits per heavy atom. The van der Waals surface area contributed by atoms with Gasteiger partial charge in [0.2, 0.25) is 0 Å². The molecule has 0 N–H and O–H groups in total. The van der Waals surface area contributed by atoms with Gasteiger partial charge in [-0.3, -0.25) is 0 Å². The second-order valence-corrected chi connectivity index (χ2v) is 3.20. The van der Waals surface area contributed by atoms with Crippen LogP contribution in [0.5, 0.6) is 0 Å². The van der Waals surface area contributed by atoms with E-state index in [1.54, 1.807) is 18.2 Å².